The van der Waals surface area contributed by atoms with Crippen molar-refractivity contribution < 1.29 is 17.9 Å². The molecule has 1 amide bonds. The molecular formula is C19H30N2O4S. The maximum Gasteiger partial charge on any atom is 0.251 e. The van der Waals surface area contributed by atoms with Crippen molar-refractivity contribution in [2.24, 2.45) is 5.41 Å². The van der Waals surface area contributed by atoms with Gasteiger partial charge in [-0.2, -0.15) is 0 Å². The van der Waals surface area contributed by atoms with E-state index in [1.54, 1.807) is 6.07 Å². The summed E-state index contributed by atoms with van der Waals surface area (Å²) in [5, 5.41) is 3.00. The van der Waals surface area contributed by atoms with Crippen LogP contribution >= 0.6 is 0 Å². The highest BCUT2D eigenvalue weighted by Gasteiger charge is 2.31. The normalized spacial score (nSPS) is 15.6. The third-order valence-corrected chi connectivity index (χ3v) is 5.58. The van der Waals surface area contributed by atoms with Gasteiger partial charge in [0.2, 0.25) is 10.0 Å². The Kier molecular flexibility index (Phi) is 5.73. The first kappa shape index (κ1) is 20.7. The van der Waals surface area contributed by atoms with Crippen LogP contribution in [0.3, 0.4) is 0 Å². The fourth-order valence-corrected chi connectivity index (χ4v) is 4.76. The Bertz CT molecular complexity index is 775. The summed E-state index contributed by atoms with van der Waals surface area (Å²) < 4.78 is 33.0. The zero-order valence-corrected chi connectivity index (χ0v) is 17.3. The summed E-state index contributed by atoms with van der Waals surface area (Å²) in [5.41, 5.74) is -0.0658. The number of hydrogen-bond acceptors (Lipinski definition) is 4. The molecule has 2 N–H and O–H groups in total. The van der Waals surface area contributed by atoms with Crippen LogP contribution in [0.15, 0.2) is 23.1 Å². The molecular weight excluding hydrogens is 352 g/mol. The van der Waals surface area contributed by atoms with E-state index in [9.17, 15) is 13.2 Å². The largest absolute Gasteiger partial charge is 0.495 e. The molecule has 1 aliphatic rings. The lowest BCUT2D eigenvalue weighted by molar-refractivity contribution is 0.0891. The smallest absolute Gasteiger partial charge is 0.251 e. The molecule has 0 saturated heterocycles. The molecule has 1 aromatic carbocycles. The molecule has 146 valence electrons. The van der Waals surface area contributed by atoms with Crippen LogP contribution in [0, 0.1) is 5.41 Å². The summed E-state index contributed by atoms with van der Waals surface area (Å²) in [5.74, 6) is -0.0755. The Labute approximate surface area is 156 Å². The summed E-state index contributed by atoms with van der Waals surface area (Å²) in [6.07, 6.45) is 2.46. The molecule has 0 aliphatic heterocycles. The maximum absolute atomic E-state index is 12.7. The van der Waals surface area contributed by atoms with E-state index < -0.39 is 15.6 Å². The van der Waals surface area contributed by atoms with Crippen LogP contribution in [0.4, 0.5) is 0 Å². The molecule has 6 nitrogen and oxygen atoms in total. The highest BCUT2D eigenvalue weighted by atomic mass is 32.2. The SMILES string of the molecule is COc1ccc(C(=O)NC(C)(C)CC(C)(C)C)cc1S(=O)(=O)NC1CC1. The standard InChI is InChI=1S/C19H30N2O4S/c1-18(2,3)12-19(4,5)20-17(22)13-7-10-15(25-6)16(11-13)26(23,24)21-14-8-9-14/h7,10-11,14,21H,8-9,12H2,1-6H3,(H,20,22). The van der Waals surface area contributed by atoms with E-state index in [1.165, 1.54) is 19.2 Å². The fraction of sp³-hybridized carbons (Fsp3) is 0.632. The van der Waals surface area contributed by atoms with Gasteiger partial charge in [-0.3, -0.25) is 4.79 Å². The Morgan fingerprint density at radius 3 is 2.31 bits per heavy atom. The zero-order valence-electron chi connectivity index (χ0n) is 16.5. The van der Waals surface area contributed by atoms with Crippen LogP contribution in [-0.2, 0) is 10.0 Å². The first-order valence-corrected chi connectivity index (χ1v) is 10.3. The highest BCUT2D eigenvalue weighted by molar-refractivity contribution is 7.89. The van der Waals surface area contributed by atoms with Crippen LogP contribution in [0.5, 0.6) is 5.75 Å². The van der Waals surface area contributed by atoms with E-state index >= 15 is 0 Å². The molecule has 1 saturated carbocycles. The number of nitrogens with one attached hydrogen (secondary N) is 2. The molecule has 0 heterocycles. The van der Waals surface area contributed by atoms with Gasteiger partial charge in [0, 0.05) is 17.1 Å². The van der Waals surface area contributed by atoms with Gasteiger partial charge in [0.05, 0.1) is 7.11 Å². The quantitative estimate of drug-likeness (QED) is 0.759. The van der Waals surface area contributed by atoms with Crippen molar-refractivity contribution >= 4 is 15.9 Å². The van der Waals surface area contributed by atoms with E-state index in [4.69, 9.17) is 4.74 Å². The molecule has 1 aromatic rings. The molecule has 0 aromatic heterocycles. The second-order valence-electron chi connectivity index (χ2n) is 8.84. The minimum atomic E-state index is -3.72. The Balaban J connectivity index is 2.27. The molecule has 7 heteroatoms. The van der Waals surface area contributed by atoms with Gasteiger partial charge < -0.3 is 10.1 Å². The first-order valence-electron chi connectivity index (χ1n) is 8.86. The first-order chi connectivity index (χ1) is 11.8. The summed E-state index contributed by atoms with van der Waals surface area (Å²) in [6, 6.07) is 4.46. The third-order valence-electron chi connectivity index (χ3n) is 4.04. The maximum atomic E-state index is 12.7. The van der Waals surface area contributed by atoms with Crippen molar-refractivity contribution in [3.63, 3.8) is 0 Å². The van der Waals surface area contributed by atoms with Crippen molar-refractivity contribution in [2.75, 3.05) is 7.11 Å². The van der Waals surface area contributed by atoms with Gasteiger partial charge >= 0.3 is 0 Å². The molecule has 0 spiro atoms. The van der Waals surface area contributed by atoms with Crippen LogP contribution < -0.4 is 14.8 Å². The second kappa shape index (κ2) is 7.19. The summed E-state index contributed by atoms with van der Waals surface area (Å²) >= 11 is 0. The van der Waals surface area contributed by atoms with Crippen LogP contribution in [0.2, 0.25) is 0 Å². The summed E-state index contributed by atoms with van der Waals surface area (Å²) in [7, 11) is -2.31. The van der Waals surface area contributed by atoms with Gasteiger partial charge in [0.25, 0.3) is 5.91 Å². The van der Waals surface area contributed by atoms with Crippen LogP contribution in [0.1, 0.15) is 64.2 Å². The Morgan fingerprint density at radius 2 is 1.81 bits per heavy atom. The van der Waals surface area contributed by atoms with E-state index in [1.807, 2.05) is 13.8 Å². The van der Waals surface area contributed by atoms with Crippen LogP contribution in [-0.4, -0.2) is 33.0 Å². The average Bonchev–Trinajstić information content (AvgIpc) is 3.26. The molecule has 26 heavy (non-hydrogen) atoms. The number of rotatable bonds is 7. The van der Waals surface area contributed by atoms with Crippen molar-refractivity contribution in [1.29, 1.82) is 0 Å². The molecule has 0 unspecified atom stereocenters. The van der Waals surface area contributed by atoms with E-state index in [0.717, 1.165) is 19.3 Å². The molecule has 1 aliphatic carbocycles. The minimum Gasteiger partial charge on any atom is -0.495 e. The molecule has 0 radical (unpaired) electrons. The van der Waals surface area contributed by atoms with Gasteiger partial charge in [0.1, 0.15) is 10.6 Å². The molecule has 1 fully saturated rings. The van der Waals surface area contributed by atoms with E-state index in [0.29, 0.717) is 5.56 Å². The van der Waals surface area contributed by atoms with Gasteiger partial charge in [-0.05, 0) is 56.7 Å². The third kappa shape index (κ3) is 5.71. The zero-order chi connectivity index (χ0) is 19.8. The predicted molar refractivity (Wildman–Crippen MR) is 102 cm³/mol. The van der Waals surface area contributed by atoms with Gasteiger partial charge in [-0.1, -0.05) is 20.8 Å². The number of methoxy groups -OCH3 is 1. The predicted octanol–water partition coefficient (Wildman–Crippen LogP) is 3.08. The molecule has 0 atom stereocenters. The van der Waals surface area contributed by atoms with Gasteiger partial charge in [-0.15, -0.1) is 0 Å². The lowest BCUT2D eigenvalue weighted by atomic mass is 9.81. The topological polar surface area (TPSA) is 84.5 Å². The van der Waals surface area contributed by atoms with E-state index in [-0.39, 0.29) is 28.0 Å². The number of sulfonamides is 1. The number of carbonyl (C=O) groups excluding carboxylic acids is 1. The monoisotopic (exact) mass is 382 g/mol. The van der Waals surface area contributed by atoms with Gasteiger partial charge in [-0.25, -0.2) is 13.1 Å². The van der Waals surface area contributed by atoms with Gasteiger partial charge in [0.15, 0.2) is 0 Å². The fourth-order valence-electron chi connectivity index (χ4n) is 3.26. The van der Waals surface area contributed by atoms with Crippen molar-refractivity contribution in [2.45, 2.75) is 70.4 Å². The highest BCUT2D eigenvalue weighted by Crippen LogP contribution is 2.30. The van der Waals surface area contributed by atoms with E-state index in [2.05, 4.69) is 30.8 Å². The van der Waals surface area contributed by atoms with Crippen molar-refractivity contribution in [3.05, 3.63) is 23.8 Å². The minimum absolute atomic E-state index is 0.00632. The summed E-state index contributed by atoms with van der Waals surface area (Å²) in [4.78, 5) is 12.7. The molecule has 0 bridgehead atoms. The summed E-state index contributed by atoms with van der Waals surface area (Å²) in [6.45, 7) is 10.3. The van der Waals surface area contributed by atoms with Crippen molar-refractivity contribution in [3.8, 4) is 5.75 Å². The lowest BCUT2D eigenvalue weighted by Crippen LogP contribution is -2.45. The Hall–Kier alpha value is -1.60. The number of hydrogen-bond donors (Lipinski definition) is 2. The average molecular weight is 383 g/mol. The van der Waals surface area contributed by atoms with Crippen LogP contribution in [0.25, 0.3) is 0 Å². The van der Waals surface area contributed by atoms with Crippen molar-refractivity contribution in [1.82, 2.24) is 10.0 Å². The number of benzene rings is 1. The lowest BCUT2D eigenvalue weighted by Gasteiger charge is -2.33. The number of carbonyl (C=O) groups is 1. The number of ether oxygens (including phenoxy) is 1. The second-order valence-corrected chi connectivity index (χ2v) is 10.5. The number of amides is 1. The Morgan fingerprint density at radius 1 is 1.19 bits per heavy atom. The molecule has 2 rings (SSSR count).